The second-order valence-corrected chi connectivity index (χ2v) is 8.53. The Balaban J connectivity index is 0.00000261. The maximum atomic E-state index is 13.3. The van der Waals surface area contributed by atoms with Crippen molar-refractivity contribution in [1.82, 2.24) is 9.88 Å². The monoisotopic (exact) mass is 467 g/mol. The lowest BCUT2D eigenvalue weighted by Crippen LogP contribution is -2.36. The van der Waals surface area contributed by atoms with Gasteiger partial charge < -0.3 is 4.90 Å². The van der Waals surface area contributed by atoms with Crippen LogP contribution in [0.1, 0.15) is 21.5 Å². The predicted octanol–water partition coefficient (Wildman–Crippen LogP) is 5.31. The van der Waals surface area contributed by atoms with E-state index in [1.165, 1.54) is 5.56 Å². The van der Waals surface area contributed by atoms with Crippen molar-refractivity contribution in [3.8, 4) is 0 Å². The fourth-order valence-corrected chi connectivity index (χ4v) is 4.46. The van der Waals surface area contributed by atoms with Crippen molar-refractivity contribution in [3.05, 3.63) is 57.6 Å². The molecule has 0 unspecified atom stereocenters. The minimum Gasteiger partial charge on any atom is -0.308 e. The molecule has 27 heavy (non-hydrogen) atoms. The Morgan fingerprint density at radius 2 is 1.85 bits per heavy atom. The van der Waals surface area contributed by atoms with E-state index in [0.717, 1.165) is 31.9 Å². The van der Waals surface area contributed by atoms with Crippen LogP contribution in [0.25, 0.3) is 10.2 Å². The number of nitrogens with zero attached hydrogens (tertiary/aromatic N) is 3. The number of anilines is 1. The molecule has 2 aromatic carbocycles. The van der Waals surface area contributed by atoms with Gasteiger partial charge in [-0.05, 0) is 73.2 Å². The number of fused-ring (bicyclic) bond motifs is 1. The zero-order valence-electron chi connectivity index (χ0n) is 15.8. The molecule has 1 heterocycles. The average molecular weight is 469 g/mol. The number of benzene rings is 2. The SMILES string of the molecule is Cc1cc(C)c2nc(N(CCN(C)C)C(=O)c3ccccc3Br)sc2c1.Cl. The first-order chi connectivity index (χ1) is 12.4. The second-order valence-electron chi connectivity index (χ2n) is 6.66. The summed E-state index contributed by atoms with van der Waals surface area (Å²) in [7, 11) is 4.01. The third-order valence-corrected chi connectivity index (χ3v) is 5.89. The molecule has 0 spiro atoms. The highest BCUT2D eigenvalue weighted by Crippen LogP contribution is 2.33. The van der Waals surface area contributed by atoms with Crippen molar-refractivity contribution in [2.75, 3.05) is 32.1 Å². The first kappa shape index (κ1) is 21.8. The van der Waals surface area contributed by atoms with E-state index in [-0.39, 0.29) is 18.3 Å². The van der Waals surface area contributed by atoms with Crippen molar-refractivity contribution in [2.45, 2.75) is 13.8 Å². The highest BCUT2D eigenvalue weighted by Gasteiger charge is 2.23. The molecule has 144 valence electrons. The van der Waals surface area contributed by atoms with E-state index in [4.69, 9.17) is 4.98 Å². The predicted molar refractivity (Wildman–Crippen MR) is 121 cm³/mol. The number of thiazole rings is 1. The molecule has 0 saturated carbocycles. The Hall–Kier alpha value is -1.47. The van der Waals surface area contributed by atoms with Gasteiger partial charge in [0, 0.05) is 17.6 Å². The molecule has 1 aromatic heterocycles. The number of rotatable bonds is 5. The summed E-state index contributed by atoms with van der Waals surface area (Å²) in [5.74, 6) is -0.0345. The van der Waals surface area contributed by atoms with E-state index < -0.39 is 0 Å². The zero-order valence-corrected chi connectivity index (χ0v) is 19.0. The summed E-state index contributed by atoms with van der Waals surface area (Å²) in [6, 6.07) is 11.8. The zero-order chi connectivity index (χ0) is 18.8. The van der Waals surface area contributed by atoms with Gasteiger partial charge in [-0.25, -0.2) is 4.98 Å². The van der Waals surface area contributed by atoms with E-state index in [0.29, 0.717) is 12.1 Å². The highest BCUT2D eigenvalue weighted by molar-refractivity contribution is 9.10. The van der Waals surface area contributed by atoms with Gasteiger partial charge in [0.05, 0.1) is 15.8 Å². The highest BCUT2D eigenvalue weighted by atomic mass is 79.9. The van der Waals surface area contributed by atoms with Gasteiger partial charge in [-0.1, -0.05) is 29.5 Å². The molecule has 0 aliphatic heterocycles. The molecule has 0 radical (unpaired) electrons. The van der Waals surface area contributed by atoms with Crippen LogP contribution >= 0.6 is 39.7 Å². The van der Waals surface area contributed by atoms with Crippen LogP contribution in [0.3, 0.4) is 0 Å². The van der Waals surface area contributed by atoms with Crippen molar-refractivity contribution >= 4 is 60.9 Å². The maximum Gasteiger partial charge on any atom is 0.261 e. The van der Waals surface area contributed by atoms with E-state index in [9.17, 15) is 4.79 Å². The van der Waals surface area contributed by atoms with E-state index in [2.05, 4.69) is 46.8 Å². The standard InChI is InChI=1S/C20H22BrN3OS.ClH/c1-13-11-14(2)18-17(12-13)26-20(22-18)24(10-9-23(3)4)19(25)15-7-5-6-8-16(15)21;/h5-8,11-12H,9-10H2,1-4H3;1H. The second kappa shape index (κ2) is 9.15. The normalized spacial score (nSPS) is 10.9. The number of halogens is 2. The molecule has 0 aliphatic carbocycles. The lowest BCUT2D eigenvalue weighted by molar-refractivity contribution is 0.0984. The van der Waals surface area contributed by atoms with Crippen LogP contribution in [-0.2, 0) is 0 Å². The topological polar surface area (TPSA) is 36.4 Å². The Labute approximate surface area is 178 Å². The summed E-state index contributed by atoms with van der Waals surface area (Å²) in [4.78, 5) is 21.9. The molecule has 3 rings (SSSR count). The number of hydrogen-bond acceptors (Lipinski definition) is 4. The van der Waals surface area contributed by atoms with E-state index >= 15 is 0 Å². The van der Waals surface area contributed by atoms with Crippen LogP contribution in [0.15, 0.2) is 40.9 Å². The van der Waals surface area contributed by atoms with Crippen molar-refractivity contribution in [2.24, 2.45) is 0 Å². The van der Waals surface area contributed by atoms with Gasteiger partial charge >= 0.3 is 0 Å². The summed E-state index contributed by atoms with van der Waals surface area (Å²) in [5.41, 5.74) is 3.98. The lowest BCUT2D eigenvalue weighted by Gasteiger charge is -2.22. The van der Waals surface area contributed by atoms with Crippen LogP contribution in [0.4, 0.5) is 5.13 Å². The number of aromatic nitrogens is 1. The Bertz CT molecular complexity index is 958. The fraction of sp³-hybridized carbons (Fsp3) is 0.300. The third-order valence-electron chi connectivity index (χ3n) is 4.17. The molecular formula is C20H23BrClN3OS. The number of carbonyl (C=O) groups excluding carboxylic acids is 1. The molecule has 0 bridgehead atoms. The van der Waals surface area contributed by atoms with Crippen molar-refractivity contribution < 1.29 is 4.79 Å². The van der Waals surface area contributed by atoms with Gasteiger partial charge in [0.15, 0.2) is 5.13 Å². The van der Waals surface area contributed by atoms with E-state index in [1.807, 2.05) is 38.4 Å². The number of amides is 1. The number of carbonyl (C=O) groups is 1. The molecule has 0 atom stereocenters. The average Bonchev–Trinajstić information content (AvgIpc) is 2.99. The summed E-state index contributed by atoms with van der Waals surface area (Å²) in [6.45, 7) is 5.51. The molecule has 7 heteroatoms. The van der Waals surface area contributed by atoms with Crippen LogP contribution in [0.5, 0.6) is 0 Å². The first-order valence-corrected chi connectivity index (χ1v) is 10.1. The van der Waals surface area contributed by atoms with Crippen molar-refractivity contribution in [3.63, 3.8) is 0 Å². The van der Waals surface area contributed by atoms with Crippen LogP contribution in [0.2, 0.25) is 0 Å². The Morgan fingerprint density at radius 3 is 2.52 bits per heavy atom. The van der Waals surface area contributed by atoms with Gasteiger partial charge in [-0.2, -0.15) is 0 Å². The number of aryl methyl sites for hydroxylation is 2. The van der Waals surface area contributed by atoms with Crippen LogP contribution in [-0.4, -0.2) is 43.0 Å². The lowest BCUT2D eigenvalue weighted by atomic mass is 10.1. The fourth-order valence-electron chi connectivity index (χ4n) is 2.84. The largest absolute Gasteiger partial charge is 0.308 e. The van der Waals surface area contributed by atoms with Crippen LogP contribution in [0, 0.1) is 13.8 Å². The van der Waals surface area contributed by atoms with Crippen molar-refractivity contribution in [1.29, 1.82) is 0 Å². The molecule has 0 saturated heterocycles. The molecule has 4 nitrogen and oxygen atoms in total. The minimum atomic E-state index is -0.0345. The Morgan fingerprint density at radius 1 is 1.15 bits per heavy atom. The van der Waals surface area contributed by atoms with Crippen LogP contribution < -0.4 is 4.90 Å². The molecule has 0 aliphatic rings. The van der Waals surface area contributed by atoms with Gasteiger partial charge in [0.25, 0.3) is 5.91 Å². The van der Waals surface area contributed by atoms with Gasteiger partial charge in [0.2, 0.25) is 0 Å². The molecule has 1 amide bonds. The van der Waals surface area contributed by atoms with Gasteiger partial charge in [0.1, 0.15) is 0 Å². The minimum absolute atomic E-state index is 0. The molecule has 3 aromatic rings. The third kappa shape index (κ3) is 4.88. The summed E-state index contributed by atoms with van der Waals surface area (Å²) < 4.78 is 1.92. The van der Waals surface area contributed by atoms with E-state index in [1.54, 1.807) is 16.2 Å². The van der Waals surface area contributed by atoms with Gasteiger partial charge in [-0.15, -0.1) is 12.4 Å². The smallest absolute Gasteiger partial charge is 0.261 e. The first-order valence-electron chi connectivity index (χ1n) is 8.45. The van der Waals surface area contributed by atoms with Gasteiger partial charge in [-0.3, -0.25) is 9.69 Å². The number of likely N-dealkylation sites (N-methyl/N-ethyl adjacent to an activating group) is 1. The Kier molecular flexibility index (Phi) is 7.40. The quantitative estimate of drug-likeness (QED) is 0.509. The summed E-state index contributed by atoms with van der Waals surface area (Å²) in [5, 5.41) is 0.747. The molecule has 0 N–H and O–H groups in total. The summed E-state index contributed by atoms with van der Waals surface area (Å²) >= 11 is 5.07. The molecular weight excluding hydrogens is 446 g/mol. The maximum absolute atomic E-state index is 13.3. The number of hydrogen-bond donors (Lipinski definition) is 0. The summed E-state index contributed by atoms with van der Waals surface area (Å²) in [6.07, 6.45) is 0. The molecule has 0 fully saturated rings.